The minimum atomic E-state index is -4.23. The molecule has 0 unspecified atom stereocenters. The number of amides is 2. The van der Waals surface area contributed by atoms with Crippen molar-refractivity contribution in [3.05, 3.63) is 92.4 Å². The maximum absolute atomic E-state index is 13.8. The molecule has 1 N–H and O–H groups in total. The zero-order chi connectivity index (χ0) is 28.0. The summed E-state index contributed by atoms with van der Waals surface area (Å²) in [6, 6.07) is 15.8. The van der Waals surface area contributed by atoms with Gasteiger partial charge in [-0.3, -0.25) is 13.9 Å². The molecule has 7 nitrogen and oxygen atoms in total. The molecule has 38 heavy (non-hydrogen) atoms. The molecule has 0 aromatic heterocycles. The van der Waals surface area contributed by atoms with Crippen molar-refractivity contribution < 1.29 is 18.0 Å². The Labute approximate surface area is 242 Å². The van der Waals surface area contributed by atoms with Crippen molar-refractivity contribution in [3.63, 3.8) is 0 Å². The molecule has 0 aliphatic carbocycles. The lowest BCUT2D eigenvalue weighted by Gasteiger charge is -2.32. The normalized spacial score (nSPS) is 12.1. The molecule has 0 bridgehead atoms. The van der Waals surface area contributed by atoms with Gasteiger partial charge >= 0.3 is 0 Å². The van der Waals surface area contributed by atoms with Crippen LogP contribution in [0.15, 0.2) is 71.6 Å². The third-order valence-electron chi connectivity index (χ3n) is 5.71. The molecule has 0 saturated heterocycles. The molecule has 3 rings (SSSR count). The van der Waals surface area contributed by atoms with Gasteiger partial charge in [0, 0.05) is 28.7 Å². The summed E-state index contributed by atoms with van der Waals surface area (Å²) >= 11 is 25.0. The van der Waals surface area contributed by atoms with Gasteiger partial charge in [0.2, 0.25) is 11.8 Å². The quantitative estimate of drug-likeness (QED) is 0.300. The number of carbonyl (C=O) groups is 2. The van der Waals surface area contributed by atoms with Gasteiger partial charge in [-0.25, -0.2) is 8.42 Å². The number of rotatable bonds is 10. The number of nitrogens with one attached hydrogen (secondary N) is 1. The second kappa shape index (κ2) is 13.0. The predicted octanol–water partition coefficient (Wildman–Crippen LogP) is 6.05. The van der Waals surface area contributed by atoms with Crippen LogP contribution in [0.25, 0.3) is 0 Å². The number of nitrogens with zero attached hydrogens (tertiary/aromatic N) is 2. The molecule has 12 heteroatoms. The number of carbonyl (C=O) groups excluding carboxylic acids is 2. The van der Waals surface area contributed by atoms with Gasteiger partial charge in [0.25, 0.3) is 10.0 Å². The first-order valence-corrected chi connectivity index (χ1v) is 14.5. The van der Waals surface area contributed by atoms with Crippen molar-refractivity contribution in [2.45, 2.75) is 31.3 Å². The monoisotopic (exact) mass is 615 g/mol. The summed E-state index contributed by atoms with van der Waals surface area (Å²) < 4.78 is 28.4. The molecule has 202 valence electrons. The fraction of sp³-hybridized carbons (Fsp3) is 0.231. The zero-order valence-electron chi connectivity index (χ0n) is 20.5. The van der Waals surface area contributed by atoms with Crippen LogP contribution in [-0.2, 0) is 26.2 Å². The Kier molecular flexibility index (Phi) is 10.3. The van der Waals surface area contributed by atoms with Crippen molar-refractivity contribution in [1.82, 2.24) is 10.2 Å². The van der Waals surface area contributed by atoms with Gasteiger partial charge in [-0.1, -0.05) is 70.7 Å². The molecule has 3 aromatic rings. The second-order valence-corrected chi connectivity index (χ2v) is 11.7. The van der Waals surface area contributed by atoms with Crippen LogP contribution in [0.2, 0.25) is 20.1 Å². The van der Waals surface area contributed by atoms with E-state index < -0.39 is 34.4 Å². The highest BCUT2D eigenvalue weighted by Gasteiger charge is 2.33. The van der Waals surface area contributed by atoms with Crippen LogP contribution in [0, 0.1) is 0 Å². The Morgan fingerprint density at radius 3 is 2.08 bits per heavy atom. The van der Waals surface area contributed by atoms with Crippen LogP contribution in [-0.4, -0.2) is 44.3 Å². The first-order chi connectivity index (χ1) is 18.0. The SMILES string of the molecule is CCNC(=O)[C@H](C)N(Cc1c(Cl)cccc1Cl)C(=O)CN(c1ccc(Cl)c(Cl)c1)S(=O)(=O)c1ccccc1. The van der Waals surface area contributed by atoms with Crippen LogP contribution in [0.3, 0.4) is 0 Å². The lowest BCUT2D eigenvalue weighted by atomic mass is 10.1. The fourth-order valence-corrected chi connectivity index (χ4v) is 5.88. The molecule has 0 heterocycles. The van der Waals surface area contributed by atoms with Gasteiger partial charge in [0.15, 0.2) is 0 Å². The predicted molar refractivity (Wildman–Crippen MR) is 153 cm³/mol. The van der Waals surface area contributed by atoms with Gasteiger partial charge < -0.3 is 10.2 Å². The Morgan fingerprint density at radius 2 is 1.50 bits per heavy atom. The number of sulfonamides is 1. The van der Waals surface area contributed by atoms with Crippen molar-refractivity contribution in [2.24, 2.45) is 0 Å². The van der Waals surface area contributed by atoms with Crippen molar-refractivity contribution in [3.8, 4) is 0 Å². The van der Waals surface area contributed by atoms with Crippen molar-refractivity contribution in [1.29, 1.82) is 0 Å². The summed E-state index contributed by atoms with van der Waals surface area (Å²) in [5.74, 6) is -1.08. The highest BCUT2D eigenvalue weighted by Crippen LogP contribution is 2.31. The van der Waals surface area contributed by atoms with Gasteiger partial charge in [-0.2, -0.15) is 0 Å². The zero-order valence-corrected chi connectivity index (χ0v) is 24.3. The molecule has 3 aromatic carbocycles. The van der Waals surface area contributed by atoms with Crippen molar-refractivity contribution >= 4 is 73.9 Å². The molecule has 0 spiro atoms. The van der Waals surface area contributed by atoms with Gasteiger partial charge in [-0.05, 0) is 56.3 Å². The molecular formula is C26H25Cl4N3O4S. The Hall–Kier alpha value is -2.49. The van der Waals surface area contributed by atoms with E-state index in [1.165, 1.54) is 35.2 Å². The number of likely N-dealkylation sites (N-methyl/N-ethyl adjacent to an activating group) is 1. The highest BCUT2D eigenvalue weighted by atomic mass is 35.5. The first-order valence-electron chi connectivity index (χ1n) is 11.5. The molecule has 0 radical (unpaired) electrons. The van der Waals surface area contributed by atoms with E-state index in [0.717, 1.165) is 4.31 Å². The molecule has 0 fully saturated rings. The first kappa shape index (κ1) is 30.1. The minimum Gasteiger partial charge on any atom is -0.355 e. The van der Waals surface area contributed by atoms with E-state index >= 15 is 0 Å². The number of halogens is 4. The Morgan fingerprint density at radius 1 is 0.868 bits per heavy atom. The number of benzene rings is 3. The Bertz CT molecular complexity index is 1400. The lowest BCUT2D eigenvalue weighted by molar-refractivity contribution is -0.139. The minimum absolute atomic E-state index is 0.0312. The van der Waals surface area contributed by atoms with Crippen LogP contribution >= 0.6 is 46.4 Å². The summed E-state index contributed by atoms with van der Waals surface area (Å²) in [6.45, 7) is 2.87. The third-order valence-corrected chi connectivity index (χ3v) is 8.95. The molecule has 2 amide bonds. The van der Waals surface area contributed by atoms with E-state index in [9.17, 15) is 18.0 Å². The highest BCUT2D eigenvalue weighted by molar-refractivity contribution is 7.92. The average molecular weight is 617 g/mol. The van der Waals surface area contributed by atoms with Crippen LogP contribution in [0.5, 0.6) is 0 Å². The molecule has 0 aliphatic rings. The van der Waals surface area contributed by atoms with E-state index in [1.54, 1.807) is 50.2 Å². The van der Waals surface area contributed by atoms with E-state index in [4.69, 9.17) is 46.4 Å². The third kappa shape index (κ3) is 6.93. The number of hydrogen-bond donors (Lipinski definition) is 1. The van der Waals surface area contributed by atoms with Crippen LogP contribution in [0.1, 0.15) is 19.4 Å². The average Bonchev–Trinajstić information content (AvgIpc) is 2.89. The lowest BCUT2D eigenvalue weighted by Crippen LogP contribution is -2.51. The maximum Gasteiger partial charge on any atom is 0.264 e. The summed E-state index contributed by atoms with van der Waals surface area (Å²) in [6.07, 6.45) is 0. The summed E-state index contributed by atoms with van der Waals surface area (Å²) in [4.78, 5) is 27.8. The van der Waals surface area contributed by atoms with E-state index in [2.05, 4.69) is 5.32 Å². The van der Waals surface area contributed by atoms with E-state index in [-0.39, 0.29) is 27.2 Å². The van der Waals surface area contributed by atoms with Gasteiger partial charge in [-0.15, -0.1) is 0 Å². The smallest absolute Gasteiger partial charge is 0.264 e. The summed E-state index contributed by atoms with van der Waals surface area (Å²) in [7, 11) is -4.23. The van der Waals surface area contributed by atoms with E-state index in [0.29, 0.717) is 22.2 Å². The summed E-state index contributed by atoms with van der Waals surface area (Å²) in [5, 5.41) is 3.62. The van der Waals surface area contributed by atoms with Gasteiger partial charge in [0.1, 0.15) is 12.6 Å². The van der Waals surface area contributed by atoms with Crippen molar-refractivity contribution in [2.75, 3.05) is 17.4 Å². The molecule has 0 aliphatic heterocycles. The van der Waals surface area contributed by atoms with Crippen LogP contribution < -0.4 is 9.62 Å². The Balaban J connectivity index is 2.08. The van der Waals surface area contributed by atoms with Gasteiger partial charge in [0.05, 0.1) is 20.6 Å². The maximum atomic E-state index is 13.8. The second-order valence-electron chi connectivity index (χ2n) is 8.22. The number of hydrogen-bond acceptors (Lipinski definition) is 4. The molecular weight excluding hydrogens is 592 g/mol. The fourth-order valence-electron chi connectivity index (χ4n) is 3.65. The molecule has 1 atom stereocenters. The topological polar surface area (TPSA) is 86.8 Å². The standard InChI is InChI=1S/C26H25Cl4N3O4S/c1-3-31-26(35)17(2)32(15-20-21(27)10-7-11-22(20)28)25(34)16-33(18-12-13-23(29)24(30)14-18)38(36,37)19-8-5-4-6-9-19/h4-14,17H,3,15-16H2,1-2H3,(H,31,35)/t17-/m0/s1. The summed E-state index contributed by atoms with van der Waals surface area (Å²) in [5.41, 5.74) is 0.547. The number of anilines is 1. The largest absolute Gasteiger partial charge is 0.355 e. The molecule has 0 saturated carbocycles. The van der Waals surface area contributed by atoms with Crippen LogP contribution in [0.4, 0.5) is 5.69 Å². The van der Waals surface area contributed by atoms with E-state index in [1.807, 2.05) is 0 Å².